The molecule has 2 aromatic heterocycles. The lowest BCUT2D eigenvalue weighted by molar-refractivity contribution is 0.551. The Balaban J connectivity index is 2.98. The first kappa shape index (κ1) is 6.84. The molecule has 0 fully saturated rings. The number of aromatic nitrogens is 3. The third-order valence-electron chi connectivity index (χ3n) is 1.39. The Morgan fingerprint density at radius 1 is 1.50 bits per heavy atom. The molecule has 0 saturated carbocycles. The van der Waals surface area contributed by atoms with Gasteiger partial charge in [0.2, 0.25) is 5.95 Å². The van der Waals surface area contributed by atoms with Gasteiger partial charge in [-0.2, -0.15) is 4.98 Å². The summed E-state index contributed by atoms with van der Waals surface area (Å²) < 4.78 is 5.01. The number of aromatic amines is 1. The molecule has 0 unspecified atom stereocenters. The number of anilines is 1. The smallest absolute Gasteiger partial charge is 0.282 e. The molecular weight excluding hydrogens is 160 g/mol. The van der Waals surface area contributed by atoms with Crippen LogP contribution in [-0.2, 0) is 0 Å². The summed E-state index contributed by atoms with van der Waals surface area (Å²) in [5.41, 5.74) is 5.26. The van der Waals surface area contributed by atoms with Gasteiger partial charge in [-0.25, -0.2) is 4.98 Å². The zero-order chi connectivity index (χ0) is 8.72. The Bertz CT molecular complexity index is 484. The average Bonchev–Trinajstić information content (AvgIpc) is 2.29. The fourth-order valence-corrected chi connectivity index (χ4v) is 0.953. The van der Waals surface area contributed by atoms with Crippen molar-refractivity contribution in [2.24, 2.45) is 0 Å². The molecule has 0 aliphatic rings. The molecule has 0 radical (unpaired) electrons. The molecule has 2 heterocycles. The molecule has 2 rings (SSSR count). The van der Waals surface area contributed by atoms with E-state index in [1.54, 1.807) is 6.92 Å². The maximum absolute atomic E-state index is 11.1. The van der Waals surface area contributed by atoms with Crippen molar-refractivity contribution >= 4 is 17.2 Å². The molecule has 0 saturated heterocycles. The highest BCUT2D eigenvalue weighted by molar-refractivity contribution is 5.67. The van der Waals surface area contributed by atoms with Gasteiger partial charge < -0.3 is 10.2 Å². The molecule has 12 heavy (non-hydrogen) atoms. The molecule has 2 aromatic rings. The van der Waals surface area contributed by atoms with Gasteiger partial charge in [0.15, 0.2) is 11.4 Å². The standard InChI is InChI=1S/C6H6N4O2/c1-2-8-3-4(11)9-6(7)10-5(3)12-2/h1H3,(H3,7,9,10,11). The summed E-state index contributed by atoms with van der Waals surface area (Å²) in [6, 6.07) is 0. The van der Waals surface area contributed by atoms with Crippen LogP contribution in [0.15, 0.2) is 9.21 Å². The Labute approximate surface area is 66.4 Å². The first-order chi connectivity index (χ1) is 5.66. The van der Waals surface area contributed by atoms with Gasteiger partial charge in [0.1, 0.15) is 0 Å². The summed E-state index contributed by atoms with van der Waals surface area (Å²) in [7, 11) is 0. The van der Waals surface area contributed by atoms with Gasteiger partial charge in [0.25, 0.3) is 11.3 Å². The Kier molecular flexibility index (Phi) is 1.18. The number of aryl methyl sites for hydroxylation is 1. The number of hydrogen-bond donors (Lipinski definition) is 2. The summed E-state index contributed by atoms with van der Waals surface area (Å²) >= 11 is 0. The fourth-order valence-electron chi connectivity index (χ4n) is 0.953. The van der Waals surface area contributed by atoms with E-state index in [1.807, 2.05) is 0 Å². The summed E-state index contributed by atoms with van der Waals surface area (Å²) in [6.45, 7) is 1.64. The van der Waals surface area contributed by atoms with Crippen LogP contribution in [0.3, 0.4) is 0 Å². The van der Waals surface area contributed by atoms with E-state index in [-0.39, 0.29) is 22.7 Å². The Morgan fingerprint density at radius 2 is 2.25 bits per heavy atom. The lowest BCUT2D eigenvalue weighted by atomic mass is 10.5. The van der Waals surface area contributed by atoms with Crippen molar-refractivity contribution in [3.05, 3.63) is 16.2 Å². The van der Waals surface area contributed by atoms with Crippen LogP contribution in [-0.4, -0.2) is 15.0 Å². The van der Waals surface area contributed by atoms with E-state index in [0.717, 1.165) is 0 Å². The van der Waals surface area contributed by atoms with Crippen LogP contribution >= 0.6 is 0 Å². The SMILES string of the molecule is Cc1nc2c(=O)[nH]c(N)nc2o1. The highest BCUT2D eigenvalue weighted by Gasteiger charge is 2.07. The minimum atomic E-state index is -0.380. The van der Waals surface area contributed by atoms with E-state index in [1.165, 1.54) is 0 Å². The number of hydrogen-bond acceptors (Lipinski definition) is 5. The topological polar surface area (TPSA) is 97.8 Å². The second kappa shape index (κ2) is 2.07. The zero-order valence-electron chi connectivity index (χ0n) is 6.29. The minimum Gasteiger partial charge on any atom is -0.422 e. The molecular formula is C6H6N4O2. The number of nitrogen functional groups attached to an aromatic ring is 1. The number of H-pyrrole nitrogens is 1. The first-order valence-electron chi connectivity index (χ1n) is 3.30. The van der Waals surface area contributed by atoms with E-state index in [9.17, 15) is 4.79 Å². The Hall–Kier alpha value is -1.85. The number of rotatable bonds is 0. The molecule has 0 amide bonds. The van der Waals surface area contributed by atoms with Gasteiger partial charge >= 0.3 is 0 Å². The lowest BCUT2D eigenvalue weighted by Crippen LogP contribution is -2.10. The monoisotopic (exact) mass is 166 g/mol. The molecule has 3 N–H and O–H groups in total. The van der Waals surface area contributed by atoms with Crippen molar-refractivity contribution in [1.82, 2.24) is 15.0 Å². The van der Waals surface area contributed by atoms with E-state index in [4.69, 9.17) is 10.2 Å². The fraction of sp³-hybridized carbons (Fsp3) is 0.167. The maximum atomic E-state index is 11.1. The minimum absolute atomic E-state index is 0.0312. The van der Waals surface area contributed by atoms with Crippen molar-refractivity contribution in [2.75, 3.05) is 5.73 Å². The van der Waals surface area contributed by atoms with Crippen molar-refractivity contribution in [3.63, 3.8) is 0 Å². The van der Waals surface area contributed by atoms with E-state index < -0.39 is 0 Å². The number of nitrogens with two attached hydrogens (primary N) is 1. The van der Waals surface area contributed by atoms with Gasteiger partial charge in [-0.1, -0.05) is 0 Å². The number of nitrogens with zero attached hydrogens (tertiary/aromatic N) is 2. The summed E-state index contributed by atoms with van der Waals surface area (Å²) in [4.78, 5) is 21.0. The third kappa shape index (κ3) is 0.849. The summed E-state index contributed by atoms with van der Waals surface area (Å²) in [5, 5.41) is 0. The molecule has 0 aliphatic heterocycles. The number of nitrogens with one attached hydrogen (secondary N) is 1. The van der Waals surface area contributed by atoms with Gasteiger partial charge in [-0.15, -0.1) is 0 Å². The Morgan fingerprint density at radius 3 is 3.00 bits per heavy atom. The molecule has 0 aliphatic carbocycles. The quantitative estimate of drug-likeness (QED) is 0.564. The van der Waals surface area contributed by atoms with Crippen LogP contribution in [0.4, 0.5) is 5.95 Å². The van der Waals surface area contributed by atoms with Crippen LogP contribution in [0.2, 0.25) is 0 Å². The largest absolute Gasteiger partial charge is 0.422 e. The van der Waals surface area contributed by atoms with Crippen LogP contribution in [0, 0.1) is 6.92 Å². The van der Waals surface area contributed by atoms with E-state index >= 15 is 0 Å². The van der Waals surface area contributed by atoms with Crippen molar-refractivity contribution in [3.8, 4) is 0 Å². The number of oxazole rings is 1. The molecule has 6 nitrogen and oxygen atoms in total. The van der Waals surface area contributed by atoms with Gasteiger partial charge in [0.05, 0.1) is 0 Å². The number of fused-ring (bicyclic) bond motifs is 1. The van der Waals surface area contributed by atoms with Crippen LogP contribution in [0.1, 0.15) is 5.89 Å². The molecule has 0 bridgehead atoms. The van der Waals surface area contributed by atoms with Crippen molar-refractivity contribution < 1.29 is 4.42 Å². The predicted molar refractivity (Wildman–Crippen MR) is 41.6 cm³/mol. The second-order valence-electron chi connectivity index (χ2n) is 2.34. The zero-order valence-corrected chi connectivity index (χ0v) is 6.29. The maximum Gasteiger partial charge on any atom is 0.282 e. The van der Waals surface area contributed by atoms with Gasteiger partial charge in [-0.05, 0) is 0 Å². The van der Waals surface area contributed by atoms with Crippen LogP contribution < -0.4 is 11.3 Å². The summed E-state index contributed by atoms with van der Waals surface area (Å²) in [6.07, 6.45) is 0. The predicted octanol–water partition coefficient (Wildman–Crippen LogP) is -0.198. The molecule has 0 spiro atoms. The van der Waals surface area contributed by atoms with Crippen LogP contribution in [0.5, 0.6) is 0 Å². The van der Waals surface area contributed by atoms with Gasteiger partial charge in [0, 0.05) is 6.92 Å². The highest BCUT2D eigenvalue weighted by atomic mass is 16.4. The molecule has 62 valence electrons. The third-order valence-corrected chi connectivity index (χ3v) is 1.39. The van der Waals surface area contributed by atoms with Crippen molar-refractivity contribution in [2.45, 2.75) is 6.92 Å². The molecule has 0 atom stereocenters. The van der Waals surface area contributed by atoms with E-state index in [2.05, 4.69) is 15.0 Å². The highest BCUT2D eigenvalue weighted by Crippen LogP contribution is 2.07. The van der Waals surface area contributed by atoms with E-state index in [0.29, 0.717) is 5.89 Å². The van der Waals surface area contributed by atoms with Crippen molar-refractivity contribution in [1.29, 1.82) is 0 Å². The van der Waals surface area contributed by atoms with Crippen LogP contribution in [0.25, 0.3) is 11.2 Å². The van der Waals surface area contributed by atoms with Gasteiger partial charge in [-0.3, -0.25) is 9.78 Å². The first-order valence-corrected chi connectivity index (χ1v) is 3.30. The summed E-state index contributed by atoms with van der Waals surface area (Å²) in [5.74, 6) is 0.428. The molecule has 6 heteroatoms. The molecule has 0 aromatic carbocycles. The normalized spacial score (nSPS) is 10.8. The average molecular weight is 166 g/mol. The second-order valence-corrected chi connectivity index (χ2v) is 2.34. The lowest BCUT2D eigenvalue weighted by Gasteiger charge is -1.87.